The van der Waals surface area contributed by atoms with Crippen molar-refractivity contribution in [2.75, 3.05) is 6.54 Å². The van der Waals surface area contributed by atoms with Gasteiger partial charge in [-0.25, -0.2) is 9.37 Å². The van der Waals surface area contributed by atoms with Gasteiger partial charge in [-0.3, -0.25) is 14.2 Å². The highest BCUT2D eigenvalue weighted by Crippen LogP contribution is 2.14. The van der Waals surface area contributed by atoms with Crippen LogP contribution >= 0.6 is 0 Å². The highest BCUT2D eigenvalue weighted by Gasteiger charge is 2.15. The first kappa shape index (κ1) is 19.5. The Morgan fingerprint density at radius 1 is 1.03 bits per heavy atom. The van der Waals surface area contributed by atoms with E-state index in [2.05, 4.69) is 4.98 Å². The van der Waals surface area contributed by atoms with Gasteiger partial charge in [-0.05, 0) is 61.0 Å². The van der Waals surface area contributed by atoms with Crippen LogP contribution < -0.4 is 5.56 Å². The first-order valence-corrected chi connectivity index (χ1v) is 9.67. The van der Waals surface area contributed by atoms with Crippen LogP contribution in [-0.4, -0.2) is 26.9 Å². The Bertz CT molecular complexity index is 1270. The number of nitrogens with zero attached hydrogens (tertiary/aromatic N) is 3. The van der Waals surface area contributed by atoms with Crippen molar-refractivity contribution in [2.45, 2.75) is 13.5 Å². The van der Waals surface area contributed by atoms with Crippen LogP contribution in [0.3, 0.4) is 0 Å². The number of halogens is 1. The number of hydrogen-bond donors (Lipinski definition) is 0. The smallest absolute Gasteiger partial charge is 0.265 e. The zero-order valence-corrected chi connectivity index (χ0v) is 16.5. The van der Waals surface area contributed by atoms with E-state index in [0.717, 1.165) is 5.56 Å². The summed E-state index contributed by atoms with van der Waals surface area (Å²) in [6.45, 7) is 2.69. The molecule has 1 amide bonds. The third kappa shape index (κ3) is 3.85. The van der Waals surface area contributed by atoms with Crippen LogP contribution in [0.2, 0.25) is 0 Å². The summed E-state index contributed by atoms with van der Waals surface area (Å²) in [6.07, 6.45) is 1.49. The fourth-order valence-corrected chi connectivity index (χ4v) is 3.38. The maximum absolute atomic E-state index is 13.4. The largest absolute Gasteiger partial charge is 0.335 e. The monoisotopic (exact) mass is 401 g/mol. The quantitative estimate of drug-likeness (QED) is 0.504. The second-order valence-corrected chi connectivity index (χ2v) is 6.93. The molecular weight excluding hydrogens is 381 g/mol. The fourth-order valence-electron chi connectivity index (χ4n) is 3.38. The third-order valence-corrected chi connectivity index (χ3v) is 4.99. The molecule has 3 aromatic carbocycles. The highest BCUT2D eigenvalue weighted by molar-refractivity contribution is 5.94. The predicted octanol–water partition coefficient (Wildman–Crippen LogP) is 4.19. The van der Waals surface area contributed by atoms with Crippen LogP contribution in [0.25, 0.3) is 16.6 Å². The number of carbonyl (C=O) groups excluding carboxylic acids is 1. The van der Waals surface area contributed by atoms with Crippen molar-refractivity contribution < 1.29 is 9.18 Å². The number of para-hydroxylation sites is 1. The lowest BCUT2D eigenvalue weighted by molar-refractivity contribution is 0.0752. The van der Waals surface area contributed by atoms with Crippen molar-refractivity contribution >= 4 is 16.8 Å². The minimum absolute atomic E-state index is 0.155. The Balaban J connectivity index is 1.59. The molecule has 1 aromatic heterocycles. The van der Waals surface area contributed by atoms with E-state index in [-0.39, 0.29) is 17.3 Å². The third-order valence-electron chi connectivity index (χ3n) is 4.99. The zero-order valence-electron chi connectivity index (χ0n) is 16.5. The number of fused-ring (bicyclic) bond motifs is 1. The van der Waals surface area contributed by atoms with Crippen LogP contribution in [0.4, 0.5) is 4.39 Å². The SMILES string of the molecule is CCN(Cc1cccc(F)c1)C(=O)c1ccc(-n2cnc3ccccc3c2=O)cc1. The van der Waals surface area contributed by atoms with E-state index < -0.39 is 0 Å². The van der Waals surface area contributed by atoms with Gasteiger partial charge in [0.1, 0.15) is 12.1 Å². The molecule has 0 saturated heterocycles. The number of rotatable bonds is 5. The summed E-state index contributed by atoms with van der Waals surface area (Å²) in [5.41, 5.74) is 2.33. The summed E-state index contributed by atoms with van der Waals surface area (Å²) in [6, 6.07) is 20.2. The minimum Gasteiger partial charge on any atom is -0.335 e. The molecule has 4 aromatic rings. The van der Waals surface area contributed by atoms with Gasteiger partial charge in [0.05, 0.1) is 16.6 Å². The summed E-state index contributed by atoms with van der Waals surface area (Å²) in [7, 11) is 0. The van der Waals surface area contributed by atoms with Crippen molar-refractivity contribution in [3.63, 3.8) is 0 Å². The van der Waals surface area contributed by atoms with Gasteiger partial charge in [0.15, 0.2) is 0 Å². The molecular formula is C24H20FN3O2. The van der Waals surface area contributed by atoms with Gasteiger partial charge in [0.2, 0.25) is 0 Å². The standard InChI is InChI=1S/C24H20FN3O2/c1-2-27(15-17-6-5-7-19(25)14-17)23(29)18-10-12-20(13-11-18)28-16-26-22-9-4-3-8-21(22)24(28)30/h3-14,16H,2,15H2,1H3. The predicted molar refractivity (Wildman–Crippen MR) is 114 cm³/mol. The molecule has 0 unspecified atom stereocenters. The second kappa shape index (κ2) is 8.29. The maximum Gasteiger partial charge on any atom is 0.265 e. The van der Waals surface area contributed by atoms with Gasteiger partial charge in [-0.15, -0.1) is 0 Å². The van der Waals surface area contributed by atoms with Crippen LogP contribution in [0.5, 0.6) is 0 Å². The van der Waals surface area contributed by atoms with Gasteiger partial charge >= 0.3 is 0 Å². The number of benzene rings is 3. The average molecular weight is 401 g/mol. The Hall–Kier alpha value is -3.80. The summed E-state index contributed by atoms with van der Waals surface area (Å²) >= 11 is 0. The van der Waals surface area contributed by atoms with Crippen molar-refractivity contribution in [1.29, 1.82) is 0 Å². The Morgan fingerprint density at radius 2 is 1.80 bits per heavy atom. The Morgan fingerprint density at radius 3 is 2.53 bits per heavy atom. The molecule has 150 valence electrons. The van der Waals surface area contributed by atoms with Crippen LogP contribution in [0.15, 0.2) is 83.9 Å². The first-order chi connectivity index (χ1) is 14.6. The van der Waals surface area contributed by atoms with Crippen molar-refractivity contribution in [3.05, 3.63) is 106 Å². The van der Waals surface area contributed by atoms with Crippen molar-refractivity contribution in [3.8, 4) is 5.69 Å². The van der Waals surface area contributed by atoms with Crippen LogP contribution in [0.1, 0.15) is 22.8 Å². The molecule has 0 saturated carbocycles. The fraction of sp³-hybridized carbons (Fsp3) is 0.125. The lowest BCUT2D eigenvalue weighted by atomic mass is 10.1. The molecule has 0 aliphatic carbocycles. The Labute approximate surface area is 173 Å². The van der Waals surface area contributed by atoms with Gasteiger partial charge < -0.3 is 4.90 Å². The van der Waals surface area contributed by atoms with E-state index in [4.69, 9.17) is 0 Å². The molecule has 6 heteroatoms. The van der Waals surface area contributed by atoms with Crippen molar-refractivity contribution in [1.82, 2.24) is 14.5 Å². The molecule has 0 radical (unpaired) electrons. The zero-order chi connectivity index (χ0) is 21.1. The Kier molecular flexibility index (Phi) is 5.39. The number of amides is 1. The summed E-state index contributed by atoms with van der Waals surface area (Å²) < 4.78 is 14.9. The second-order valence-electron chi connectivity index (χ2n) is 6.93. The maximum atomic E-state index is 13.4. The van der Waals surface area contributed by atoms with Gasteiger partial charge in [-0.2, -0.15) is 0 Å². The number of hydrogen-bond acceptors (Lipinski definition) is 3. The molecule has 0 fully saturated rings. The van der Waals surface area contributed by atoms with E-state index >= 15 is 0 Å². The number of carbonyl (C=O) groups is 1. The van der Waals surface area contributed by atoms with Crippen molar-refractivity contribution in [2.24, 2.45) is 0 Å². The number of aromatic nitrogens is 2. The van der Waals surface area contributed by atoms with Crippen LogP contribution in [-0.2, 0) is 6.54 Å². The summed E-state index contributed by atoms with van der Waals surface area (Å²) in [4.78, 5) is 31.6. The molecule has 0 aliphatic rings. The summed E-state index contributed by atoms with van der Waals surface area (Å²) in [5.74, 6) is -0.480. The minimum atomic E-state index is -0.324. The molecule has 5 nitrogen and oxygen atoms in total. The highest BCUT2D eigenvalue weighted by atomic mass is 19.1. The molecule has 0 N–H and O–H groups in total. The molecule has 0 aliphatic heterocycles. The van der Waals surface area contributed by atoms with E-state index in [1.165, 1.54) is 23.0 Å². The lowest BCUT2D eigenvalue weighted by Gasteiger charge is -2.21. The van der Waals surface area contributed by atoms with Gasteiger partial charge in [0, 0.05) is 18.7 Å². The van der Waals surface area contributed by atoms with Crippen LogP contribution in [0, 0.1) is 5.82 Å². The van der Waals surface area contributed by atoms with Gasteiger partial charge in [0.25, 0.3) is 11.5 Å². The van der Waals surface area contributed by atoms with E-state index in [0.29, 0.717) is 35.2 Å². The topological polar surface area (TPSA) is 55.2 Å². The average Bonchev–Trinajstić information content (AvgIpc) is 2.78. The molecule has 0 spiro atoms. The van der Waals surface area contributed by atoms with E-state index in [9.17, 15) is 14.0 Å². The normalized spacial score (nSPS) is 10.9. The molecule has 0 bridgehead atoms. The lowest BCUT2D eigenvalue weighted by Crippen LogP contribution is -2.30. The van der Waals surface area contributed by atoms with E-state index in [1.807, 2.05) is 13.0 Å². The molecule has 4 rings (SSSR count). The molecule has 30 heavy (non-hydrogen) atoms. The first-order valence-electron chi connectivity index (χ1n) is 9.67. The van der Waals surface area contributed by atoms with Gasteiger partial charge in [-0.1, -0.05) is 24.3 Å². The molecule has 0 atom stereocenters. The van der Waals surface area contributed by atoms with E-state index in [1.54, 1.807) is 59.5 Å². The molecule has 1 heterocycles. The summed E-state index contributed by atoms with van der Waals surface area (Å²) in [5, 5.41) is 0.535.